The van der Waals surface area contributed by atoms with E-state index in [9.17, 15) is 0 Å². The highest BCUT2D eigenvalue weighted by atomic mass is 16.7. The summed E-state index contributed by atoms with van der Waals surface area (Å²) in [4.78, 5) is 0. The van der Waals surface area contributed by atoms with Gasteiger partial charge in [0.05, 0.1) is 40.4 Å². The van der Waals surface area contributed by atoms with Crippen LogP contribution < -0.4 is 0 Å². The quantitative estimate of drug-likeness (QED) is 0.0421. The first-order valence-electron chi connectivity index (χ1n) is 19.9. The van der Waals surface area contributed by atoms with E-state index in [0.29, 0.717) is 0 Å². The third-order valence-corrected chi connectivity index (χ3v) is 8.93. The van der Waals surface area contributed by atoms with Gasteiger partial charge in [-0.25, -0.2) is 0 Å². The number of hydrogen-bond donors (Lipinski definition) is 0. The van der Waals surface area contributed by atoms with Gasteiger partial charge in [-0.3, -0.25) is 0 Å². The van der Waals surface area contributed by atoms with E-state index in [0.717, 1.165) is 62.6 Å². The second-order valence-electron chi connectivity index (χ2n) is 14.7. The van der Waals surface area contributed by atoms with Gasteiger partial charge in [0, 0.05) is 19.3 Å². The molecule has 0 aromatic rings. The molecule has 1 rings (SSSR count). The molecule has 1 fully saturated rings. The molecule has 0 amide bonds. The Labute approximate surface area is 293 Å². The normalized spacial score (nSPS) is 19.5. The van der Waals surface area contributed by atoms with Gasteiger partial charge in [-0.05, 0) is 89.9 Å². The van der Waals surface area contributed by atoms with Crippen molar-refractivity contribution in [3.8, 4) is 0 Å². The van der Waals surface area contributed by atoms with E-state index in [1.54, 1.807) is 0 Å². The maximum Gasteiger partial charge on any atom is 0.168 e. The fourth-order valence-electron chi connectivity index (χ4n) is 5.92. The number of quaternary nitrogens is 1. The van der Waals surface area contributed by atoms with Crippen LogP contribution in [-0.4, -0.2) is 50.7 Å². The summed E-state index contributed by atoms with van der Waals surface area (Å²) < 4.78 is 14.2. The van der Waals surface area contributed by atoms with Crippen molar-refractivity contribution in [2.24, 2.45) is 0 Å². The summed E-state index contributed by atoms with van der Waals surface area (Å²) in [5.74, 6) is -0.355. The van der Waals surface area contributed by atoms with Crippen LogP contribution in [0.5, 0.6) is 0 Å². The Kier molecular flexibility index (Phi) is 28.0. The number of nitrogens with zero attached hydrogens (tertiary/aromatic N) is 1. The average Bonchev–Trinajstić information content (AvgIpc) is 3.46. The molecule has 0 radical (unpaired) electrons. The van der Waals surface area contributed by atoms with E-state index < -0.39 is 0 Å². The maximum absolute atomic E-state index is 6.71. The fourth-order valence-corrected chi connectivity index (χ4v) is 5.92. The van der Waals surface area contributed by atoms with Gasteiger partial charge in [-0.1, -0.05) is 125 Å². The van der Waals surface area contributed by atoms with E-state index in [1.165, 1.54) is 103 Å². The molecular weight excluding hydrogens is 574 g/mol. The lowest BCUT2D eigenvalue weighted by atomic mass is 9.99. The molecule has 0 N–H and O–H groups in total. The van der Waals surface area contributed by atoms with Gasteiger partial charge in [0.1, 0.15) is 0 Å². The summed E-state index contributed by atoms with van der Waals surface area (Å²) in [6.45, 7) is 6.41. The van der Waals surface area contributed by atoms with Crippen molar-refractivity contribution in [2.45, 2.75) is 173 Å². The van der Waals surface area contributed by atoms with Gasteiger partial charge < -0.3 is 14.0 Å². The zero-order valence-electron chi connectivity index (χ0n) is 31.9. The molecule has 0 bridgehead atoms. The van der Waals surface area contributed by atoms with Crippen molar-refractivity contribution in [2.75, 3.05) is 34.3 Å². The highest BCUT2D eigenvalue weighted by molar-refractivity contribution is 4.98. The molecule has 0 aromatic carbocycles. The van der Waals surface area contributed by atoms with E-state index in [1.807, 2.05) is 0 Å². The van der Waals surface area contributed by atoms with Crippen LogP contribution in [0.15, 0.2) is 72.9 Å². The lowest BCUT2D eigenvalue weighted by molar-refractivity contribution is -0.870. The lowest BCUT2D eigenvalue weighted by Crippen LogP contribution is -2.38. The van der Waals surface area contributed by atoms with Gasteiger partial charge in [0.2, 0.25) is 0 Å². The molecule has 1 saturated heterocycles. The first kappa shape index (κ1) is 43.3. The van der Waals surface area contributed by atoms with Crippen LogP contribution in [0.2, 0.25) is 0 Å². The summed E-state index contributed by atoms with van der Waals surface area (Å²) >= 11 is 0. The minimum absolute atomic E-state index is 0.243. The molecule has 1 atom stereocenters. The van der Waals surface area contributed by atoms with E-state index >= 15 is 0 Å². The molecular formula is C44H78NO2+. The number of ether oxygens (including phenoxy) is 2. The fraction of sp³-hybridized carbons (Fsp3) is 0.727. The number of allylic oxidation sites excluding steroid dienone is 12. The van der Waals surface area contributed by atoms with E-state index in [4.69, 9.17) is 9.47 Å². The standard InChI is InChI=1S/C44H78NO2/c1-6-8-10-12-14-16-18-20-22-24-26-28-30-32-34-36-39-44(46-42-43(47-44)38-41-45(3,4)5)40-37-35-33-31-29-27-25-23-21-19-17-15-13-11-9-7-2/h14-17,20-23,26-29,43H,6-13,18-19,24-25,30-42H2,1-5H3/q+1. The van der Waals surface area contributed by atoms with Crippen LogP contribution in [0, 0.1) is 0 Å². The van der Waals surface area contributed by atoms with Crippen LogP contribution in [0.1, 0.15) is 162 Å². The van der Waals surface area contributed by atoms with E-state index in [-0.39, 0.29) is 11.9 Å². The van der Waals surface area contributed by atoms with Crippen LogP contribution in [0.25, 0.3) is 0 Å². The second-order valence-corrected chi connectivity index (χ2v) is 14.7. The van der Waals surface area contributed by atoms with Gasteiger partial charge in [0.15, 0.2) is 5.79 Å². The first-order valence-corrected chi connectivity index (χ1v) is 19.9. The largest absolute Gasteiger partial charge is 0.347 e. The number of unbranched alkanes of at least 4 members (excludes halogenated alkanes) is 12. The van der Waals surface area contributed by atoms with Crippen molar-refractivity contribution in [3.05, 3.63) is 72.9 Å². The summed E-state index contributed by atoms with van der Waals surface area (Å²) in [5, 5.41) is 0. The third-order valence-electron chi connectivity index (χ3n) is 8.93. The Hall–Kier alpha value is -1.68. The molecule has 0 aliphatic carbocycles. The molecule has 47 heavy (non-hydrogen) atoms. The van der Waals surface area contributed by atoms with Crippen molar-refractivity contribution in [3.63, 3.8) is 0 Å². The molecule has 0 saturated carbocycles. The molecule has 3 nitrogen and oxygen atoms in total. The summed E-state index contributed by atoms with van der Waals surface area (Å²) in [6, 6.07) is 0. The maximum atomic E-state index is 6.71. The predicted octanol–water partition coefficient (Wildman–Crippen LogP) is 13.2. The van der Waals surface area contributed by atoms with Crippen molar-refractivity contribution in [1.29, 1.82) is 0 Å². The third kappa shape index (κ3) is 27.9. The SMILES string of the molecule is CCCCCC=CCC=CCC=CCCCCCC1(CCCCCC=CCC=CCC=CCCCCC)OCC(CC[N+](C)(C)C)O1. The summed E-state index contributed by atoms with van der Waals surface area (Å²) in [5.41, 5.74) is 0. The van der Waals surface area contributed by atoms with Crippen molar-refractivity contribution < 1.29 is 14.0 Å². The second kappa shape index (κ2) is 30.4. The zero-order valence-corrected chi connectivity index (χ0v) is 31.9. The molecule has 1 aliphatic heterocycles. The summed E-state index contributed by atoms with van der Waals surface area (Å²) in [7, 11) is 6.79. The molecule has 0 spiro atoms. The average molecular weight is 653 g/mol. The Morgan fingerprint density at radius 2 is 0.894 bits per heavy atom. The Morgan fingerprint density at radius 3 is 1.28 bits per heavy atom. The Balaban J connectivity index is 2.28. The smallest absolute Gasteiger partial charge is 0.168 e. The first-order chi connectivity index (χ1) is 22.9. The Bertz CT molecular complexity index is 818. The van der Waals surface area contributed by atoms with Crippen LogP contribution in [0.4, 0.5) is 0 Å². The predicted molar refractivity (Wildman–Crippen MR) is 209 cm³/mol. The van der Waals surface area contributed by atoms with Crippen molar-refractivity contribution >= 4 is 0 Å². The summed E-state index contributed by atoms with van der Waals surface area (Å²) in [6.07, 6.45) is 55.6. The monoisotopic (exact) mass is 653 g/mol. The molecule has 1 heterocycles. The van der Waals surface area contributed by atoms with Crippen molar-refractivity contribution in [1.82, 2.24) is 0 Å². The topological polar surface area (TPSA) is 18.5 Å². The highest BCUT2D eigenvalue weighted by Gasteiger charge is 2.40. The molecule has 0 aromatic heterocycles. The van der Waals surface area contributed by atoms with Gasteiger partial charge in [-0.15, -0.1) is 0 Å². The van der Waals surface area contributed by atoms with Crippen LogP contribution in [0.3, 0.4) is 0 Å². The lowest BCUT2D eigenvalue weighted by Gasteiger charge is -2.29. The number of hydrogen-bond acceptors (Lipinski definition) is 2. The van der Waals surface area contributed by atoms with Gasteiger partial charge in [-0.2, -0.15) is 0 Å². The van der Waals surface area contributed by atoms with Gasteiger partial charge in [0.25, 0.3) is 0 Å². The molecule has 1 aliphatic rings. The van der Waals surface area contributed by atoms with E-state index in [2.05, 4.69) is 108 Å². The van der Waals surface area contributed by atoms with Crippen LogP contribution in [-0.2, 0) is 9.47 Å². The molecule has 1 unspecified atom stereocenters. The minimum Gasteiger partial charge on any atom is -0.347 e. The molecule has 270 valence electrons. The number of rotatable bonds is 31. The molecule has 3 heteroatoms. The van der Waals surface area contributed by atoms with Gasteiger partial charge >= 0.3 is 0 Å². The van der Waals surface area contributed by atoms with Crippen LogP contribution >= 0.6 is 0 Å². The Morgan fingerprint density at radius 1 is 0.511 bits per heavy atom. The highest BCUT2D eigenvalue weighted by Crippen LogP contribution is 2.35. The zero-order chi connectivity index (χ0) is 34.2. The minimum atomic E-state index is -0.355.